The van der Waals surface area contributed by atoms with Crippen LogP contribution in [0.4, 0.5) is 0 Å². The quantitative estimate of drug-likeness (QED) is 0.813. The van der Waals surface area contributed by atoms with Crippen molar-refractivity contribution < 1.29 is 4.74 Å². The largest absolute Gasteiger partial charge is 0.475 e. The van der Waals surface area contributed by atoms with Crippen LogP contribution in [0.5, 0.6) is 5.88 Å². The van der Waals surface area contributed by atoms with E-state index in [2.05, 4.69) is 27.8 Å². The van der Waals surface area contributed by atoms with E-state index in [1.54, 1.807) is 0 Å². The third kappa shape index (κ3) is 2.99. The zero-order valence-corrected chi connectivity index (χ0v) is 9.76. The van der Waals surface area contributed by atoms with Gasteiger partial charge in [-0.1, -0.05) is 6.92 Å². The molecule has 1 rings (SSSR count). The summed E-state index contributed by atoms with van der Waals surface area (Å²) < 4.78 is 6.58. The van der Waals surface area contributed by atoms with E-state index in [4.69, 9.17) is 4.74 Å². The molecule has 0 N–H and O–H groups in total. The number of aryl methyl sites for hydroxylation is 1. The van der Waals surface area contributed by atoms with Gasteiger partial charge in [0.25, 0.3) is 0 Å². The summed E-state index contributed by atoms with van der Waals surface area (Å²) in [7, 11) is 0. The molecule has 72 valence electrons. The molecule has 0 aliphatic heterocycles. The van der Waals surface area contributed by atoms with Gasteiger partial charge in [-0.15, -0.1) is 0 Å². The third-order valence-electron chi connectivity index (χ3n) is 1.89. The van der Waals surface area contributed by atoms with Crippen molar-refractivity contribution in [2.75, 3.05) is 0 Å². The molecule has 1 aromatic rings. The monoisotopic (exact) mass is 243 g/mol. The summed E-state index contributed by atoms with van der Waals surface area (Å²) in [5.41, 5.74) is 0.959. The zero-order chi connectivity index (χ0) is 9.84. The molecule has 0 saturated carbocycles. The normalized spacial score (nSPS) is 12.6. The zero-order valence-electron chi connectivity index (χ0n) is 8.17. The smallest absolute Gasteiger partial charge is 0.213 e. The molecule has 1 unspecified atom stereocenters. The standard InChI is InChI=1S/C10H14BrNO/c1-4-7(2)13-10-6-5-9(11)8(3)12-10/h5-7H,4H2,1-3H3. The van der Waals surface area contributed by atoms with Gasteiger partial charge in [0.15, 0.2) is 0 Å². The summed E-state index contributed by atoms with van der Waals surface area (Å²) in [6, 6.07) is 3.84. The van der Waals surface area contributed by atoms with Crippen molar-refractivity contribution in [3.8, 4) is 5.88 Å². The summed E-state index contributed by atoms with van der Waals surface area (Å²) in [4.78, 5) is 4.29. The van der Waals surface area contributed by atoms with Crippen molar-refractivity contribution in [3.05, 3.63) is 22.3 Å². The molecule has 0 spiro atoms. The lowest BCUT2D eigenvalue weighted by Gasteiger charge is -2.11. The molecule has 1 heterocycles. The van der Waals surface area contributed by atoms with Crippen LogP contribution in [0.15, 0.2) is 16.6 Å². The molecule has 13 heavy (non-hydrogen) atoms. The maximum Gasteiger partial charge on any atom is 0.213 e. The minimum atomic E-state index is 0.230. The Labute approximate surface area is 87.5 Å². The highest BCUT2D eigenvalue weighted by molar-refractivity contribution is 9.10. The van der Waals surface area contributed by atoms with Crippen LogP contribution in [0.1, 0.15) is 26.0 Å². The van der Waals surface area contributed by atoms with Crippen molar-refractivity contribution in [1.82, 2.24) is 4.98 Å². The number of aromatic nitrogens is 1. The molecule has 0 amide bonds. The molecule has 0 saturated heterocycles. The fourth-order valence-corrected chi connectivity index (χ4v) is 1.10. The van der Waals surface area contributed by atoms with Gasteiger partial charge in [-0.25, -0.2) is 4.98 Å². The Balaban J connectivity index is 2.73. The maximum absolute atomic E-state index is 5.57. The summed E-state index contributed by atoms with van der Waals surface area (Å²) >= 11 is 3.39. The Morgan fingerprint density at radius 2 is 2.23 bits per heavy atom. The van der Waals surface area contributed by atoms with Crippen molar-refractivity contribution in [2.45, 2.75) is 33.3 Å². The van der Waals surface area contributed by atoms with Crippen LogP contribution in [0.25, 0.3) is 0 Å². The van der Waals surface area contributed by atoms with E-state index in [1.165, 1.54) is 0 Å². The lowest BCUT2D eigenvalue weighted by molar-refractivity contribution is 0.208. The predicted molar refractivity (Wildman–Crippen MR) is 57.1 cm³/mol. The highest BCUT2D eigenvalue weighted by atomic mass is 79.9. The molecule has 0 aliphatic carbocycles. The summed E-state index contributed by atoms with van der Waals surface area (Å²) in [5, 5.41) is 0. The van der Waals surface area contributed by atoms with E-state index >= 15 is 0 Å². The van der Waals surface area contributed by atoms with Crippen molar-refractivity contribution in [2.24, 2.45) is 0 Å². The second-order valence-corrected chi connectivity index (χ2v) is 3.91. The van der Waals surface area contributed by atoms with Gasteiger partial charge in [-0.05, 0) is 42.3 Å². The predicted octanol–water partition coefficient (Wildman–Crippen LogP) is 3.33. The number of rotatable bonds is 3. The maximum atomic E-state index is 5.57. The van der Waals surface area contributed by atoms with Gasteiger partial charge < -0.3 is 4.74 Å². The van der Waals surface area contributed by atoms with Crippen LogP contribution < -0.4 is 4.74 Å². The second-order valence-electron chi connectivity index (χ2n) is 3.05. The van der Waals surface area contributed by atoms with Crippen molar-refractivity contribution in [1.29, 1.82) is 0 Å². The van der Waals surface area contributed by atoms with Crippen LogP contribution in [-0.4, -0.2) is 11.1 Å². The Morgan fingerprint density at radius 1 is 1.54 bits per heavy atom. The lowest BCUT2D eigenvalue weighted by Crippen LogP contribution is -2.10. The first kappa shape index (κ1) is 10.5. The van der Waals surface area contributed by atoms with E-state index in [1.807, 2.05) is 26.0 Å². The molecule has 1 aromatic heterocycles. The summed E-state index contributed by atoms with van der Waals surface area (Å²) in [6.45, 7) is 6.09. The van der Waals surface area contributed by atoms with Gasteiger partial charge in [-0.2, -0.15) is 0 Å². The SMILES string of the molecule is CCC(C)Oc1ccc(Br)c(C)n1. The van der Waals surface area contributed by atoms with Crippen LogP contribution in [0.2, 0.25) is 0 Å². The molecule has 1 atom stereocenters. The first-order valence-electron chi connectivity index (χ1n) is 4.43. The van der Waals surface area contributed by atoms with Crippen molar-refractivity contribution in [3.63, 3.8) is 0 Å². The first-order valence-corrected chi connectivity index (χ1v) is 5.22. The van der Waals surface area contributed by atoms with E-state index < -0.39 is 0 Å². The molecule has 0 bridgehead atoms. The van der Waals surface area contributed by atoms with Crippen LogP contribution in [0, 0.1) is 6.92 Å². The number of hydrogen-bond donors (Lipinski definition) is 0. The van der Waals surface area contributed by atoms with Gasteiger partial charge in [-0.3, -0.25) is 0 Å². The number of halogens is 1. The molecule has 0 aliphatic rings. The Kier molecular flexibility index (Phi) is 3.72. The second kappa shape index (κ2) is 4.61. The average molecular weight is 244 g/mol. The molecular weight excluding hydrogens is 230 g/mol. The number of nitrogens with zero attached hydrogens (tertiary/aromatic N) is 1. The molecule has 0 fully saturated rings. The molecular formula is C10H14BrNO. The van der Waals surface area contributed by atoms with Crippen LogP contribution in [-0.2, 0) is 0 Å². The molecule has 3 heteroatoms. The van der Waals surface area contributed by atoms with E-state index in [0.717, 1.165) is 16.6 Å². The average Bonchev–Trinajstić information content (AvgIpc) is 2.11. The van der Waals surface area contributed by atoms with Gasteiger partial charge in [0.2, 0.25) is 5.88 Å². The Hall–Kier alpha value is -0.570. The molecule has 0 aromatic carbocycles. The minimum absolute atomic E-state index is 0.230. The third-order valence-corrected chi connectivity index (χ3v) is 2.73. The Bertz CT molecular complexity index is 288. The van der Waals surface area contributed by atoms with E-state index in [9.17, 15) is 0 Å². The topological polar surface area (TPSA) is 22.1 Å². The fourth-order valence-electron chi connectivity index (χ4n) is 0.876. The number of pyridine rings is 1. The summed E-state index contributed by atoms with van der Waals surface area (Å²) in [5.74, 6) is 0.704. The van der Waals surface area contributed by atoms with E-state index in [0.29, 0.717) is 5.88 Å². The van der Waals surface area contributed by atoms with Crippen LogP contribution in [0.3, 0.4) is 0 Å². The fraction of sp³-hybridized carbons (Fsp3) is 0.500. The number of hydrogen-bond acceptors (Lipinski definition) is 2. The van der Waals surface area contributed by atoms with Gasteiger partial charge in [0.05, 0.1) is 11.8 Å². The summed E-state index contributed by atoms with van der Waals surface area (Å²) in [6.07, 6.45) is 1.23. The molecule has 2 nitrogen and oxygen atoms in total. The first-order chi connectivity index (χ1) is 6.13. The van der Waals surface area contributed by atoms with Crippen molar-refractivity contribution >= 4 is 15.9 Å². The highest BCUT2D eigenvalue weighted by Crippen LogP contribution is 2.18. The highest BCUT2D eigenvalue weighted by Gasteiger charge is 2.03. The van der Waals surface area contributed by atoms with Gasteiger partial charge >= 0.3 is 0 Å². The minimum Gasteiger partial charge on any atom is -0.475 e. The van der Waals surface area contributed by atoms with Crippen LogP contribution >= 0.6 is 15.9 Å². The lowest BCUT2D eigenvalue weighted by atomic mass is 10.3. The number of ether oxygens (including phenoxy) is 1. The Morgan fingerprint density at radius 3 is 2.77 bits per heavy atom. The molecule has 0 radical (unpaired) electrons. The van der Waals surface area contributed by atoms with Gasteiger partial charge in [0.1, 0.15) is 0 Å². The van der Waals surface area contributed by atoms with E-state index in [-0.39, 0.29) is 6.10 Å². The van der Waals surface area contributed by atoms with Gasteiger partial charge in [0, 0.05) is 10.5 Å².